The average molecular weight is 270 g/mol. The van der Waals surface area contributed by atoms with Crippen molar-refractivity contribution in [1.82, 2.24) is 0 Å². The molecule has 5 nitrogen and oxygen atoms in total. The highest BCUT2D eigenvalue weighted by Gasteiger charge is 2.39. The number of ketones is 1. The van der Waals surface area contributed by atoms with Crippen molar-refractivity contribution in [3.8, 4) is 6.07 Å². The Morgan fingerprint density at radius 3 is 2.90 bits per heavy atom. The fraction of sp³-hybridized carbons (Fsp3) is 0.333. The molecular weight excluding hydrogens is 256 g/mol. The standard InChI is InChI=1S/C15H14N2O3/c1-8-4-11(18)14-12(5-8)20-15(17)10(6-16)13(14)9-2-3-19-7-9/h2-3,7-8,13H,4-5,17H2,1H3/t8-,13+/m0/s1. The summed E-state index contributed by atoms with van der Waals surface area (Å²) >= 11 is 0. The minimum Gasteiger partial charge on any atom is -0.472 e. The molecule has 20 heavy (non-hydrogen) atoms. The summed E-state index contributed by atoms with van der Waals surface area (Å²) in [6, 6.07) is 3.80. The summed E-state index contributed by atoms with van der Waals surface area (Å²) in [5.41, 5.74) is 7.42. The van der Waals surface area contributed by atoms with Crippen LogP contribution in [0, 0.1) is 17.2 Å². The maximum atomic E-state index is 12.4. The second-order valence-corrected chi connectivity index (χ2v) is 5.25. The Kier molecular flexibility index (Phi) is 2.87. The summed E-state index contributed by atoms with van der Waals surface area (Å²) in [4.78, 5) is 12.4. The summed E-state index contributed by atoms with van der Waals surface area (Å²) in [5, 5.41) is 9.33. The highest BCUT2D eigenvalue weighted by Crippen LogP contribution is 2.44. The van der Waals surface area contributed by atoms with Gasteiger partial charge in [-0.05, 0) is 12.0 Å². The summed E-state index contributed by atoms with van der Waals surface area (Å²) in [5.74, 6) is 0.450. The van der Waals surface area contributed by atoms with Crippen LogP contribution in [-0.4, -0.2) is 5.78 Å². The average Bonchev–Trinajstić information content (AvgIpc) is 2.90. The molecule has 1 aromatic rings. The number of rotatable bonds is 1. The molecule has 2 heterocycles. The normalized spacial score (nSPS) is 26.1. The van der Waals surface area contributed by atoms with E-state index in [1.807, 2.05) is 6.92 Å². The van der Waals surface area contributed by atoms with Crippen LogP contribution in [0.5, 0.6) is 0 Å². The van der Waals surface area contributed by atoms with Crippen molar-refractivity contribution in [2.45, 2.75) is 25.7 Å². The van der Waals surface area contributed by atoms with Crippen molar-refractivity contribution in [2.24, 2.45) is 11.7 Å². The van der Waals surface area contributed by atoms with Crippen LogP contribution in [0.15, 0.2) is 45.8 Å². The molecule has 2 N–H and O–H groups in total. The largest absolute Gasteiger partial charge is 0.472 e. The van der Waals surface area contributed by atoms with E-state index in [0.717, 1.165) is 5.56 Å². The fourth-order valence-corrected chi connectivity index (χ4v) is 2.87. The third-order valence-electron chi connectivity index (χ3n) is 3.74. The molecule has 0 aromatic carbocycles. The van der Waals surface area contributed by atoms with Crippen LogP contribution >= 0.6 is 0 Å². The Balaban J connectivity index is 2.16. The topological polar surface area (TPSA) is 89.2 Å². The van der Waals surface area contributed by atoms with Gasteiger partial charge in [-0.15, -0.1) is 0 Å². The van der Waals surface area contributed by atoms with Gasteiger partial charge in [-0.3, -0.25) is 4.79 Å². The monoisotopic (exact) mass is 270 g/mol. The van der Waals surface area contributed by atoms with Crippen LogP contribution in [0.4, 0.5) is 0 Å². The third kappa shape index (κ3) is 1.81. The molecule has 1 aliphatic heterocycles. The second kappa shape index (κ2) is 4.57. The Labute approximate surface area is 116 Å². The van der Waals surface area contributed by atoms with Crippen LogP contribution in [0.3, 0.4) is 0 Å². The molecule has 0 fully saturated rings. The second-order valence-electron chi connectivity index (χ2n) is 5.25. The van der Waals surface area contributed by atoms with Crippen molar-refractivity contribution in [3.63, 3.8) is 0 Å². The van der Waals surface area contributed by atoms with Crippen LogP contribution < -0.4 is 5.73 Å². The van der Waals surface area contributed by atoms with E-state index >= 15 is 0 Å². The summed E-state index contributed by atoms with van der Waals surface area (Å²) < 4.78 is 10.6. The predicted octanol–water partition coefficient (Wildman–Crippen LogP) is 2.34. The van der Waals surface area contributed by atoms with Gasteiger partial charge >= 0.3 is 0 Å². The summed E-state index contributed by atoms with van der Waals surface area (Å²) in [7, 11) is 0. The number of ether oxygens (including phenoxy) is 1. The maximum absolute atomic E-state index is 12.4. The van der Waals surface area contributed by atoms with Crippen molar-refractivity contribution in [2.75, 3.05) is 0 Å². The van der Waals surface area contributed by atoms with Gasteiger partial charge in [-0.2, -0.15) is 5.26 Å². The molecular formula is C15H14N2O3. The number of carbonyl (C=O) groups excluding carboxylic acids is 1. The van der Waals surface area contributed by atoms with E-state index in [4.69, 9.17) is 14.9 Å². The van der Waals surface area contributed by atoms with Gasteiger partial charge in [0.2, 0.25) is 5.88 Å². The van der Waals surface area contributed by atoms with E-state index in [-0.39, 0.29) is 23.2 Å². The van der Waals surface area contributed by atoms with E-state index in [1.54, 1.807) is 6.07 Å². The smallest absolute Gasteiger partial charge is 0.205 e. The number of Topliss-reactive ketones (excluding diaryl/α,β-unsaturated/α-hetero) is 1. The highest BCUT2D eigenvalue weighted by molar-refractivity contribution is 5.99. The SMILES string of the molecule is C[C@H]1CC(=O)C2=C(C1)OC(N)=C(C#N)[C@H]2c1ccoc1. The number of hydrogen-bond donors (Lipinski definition) is 1. The van der Waals surface area contributed by atoms with Gasteiger partial charge in [-0.25, -0.2) is 0 Å². The van der Waals surface area contributed by atoms with Gasteiger partial charge < -0.3 is 14.9 Å². The number of nitrogens with two attached hydrogens (primary N) is 1. The quantitative estimate of drug-likeness (QED) is 0.846. The first-order valence-electron chi connectivity index (χ1n) is 6.47. The molecule has 1 aliphatic carbocycles. The molecule has 0 spiro atoms. The first-order chi connectivity index (χ1) is 9.61. The number of hydrogen-bond acceptors (Lipinski definition) is 5. The molecule has 2 aliphatic rings. The van der Waals surface area contributed by atoms with Crippen LogP contribution in [0.25, 0.3) is 0 Å². The molecule has 0 saturated carbocycles. The van der Waals surface area contributed by atoms with Crippen molar-refractivity contribution in [3.05, 3.63) is 46.9 Å². The zero-order valence-corrected chi connectivity index (χ0v) is 11.1. The van der Waals surface area contributed by atoms with Gasteiger partial charge in [0.15, 0.2) is 5.78 Å². The Morgan fingerprint density at radius 2 is 2.25 bits per heavy atom. The van der Waals surface area contributed by atoms with Gasteiger partial charge in [-0.1, -0.05) is 6.92 Å². The maximum Gasteiger partial charge on any atom is 0.205 e. The van der Waals surface area contributed by atoms with E-state index in [0.29, 0.717) is 24.2 Å². The molecule has 2 atom stereocenters. The minimum absolute atomic E-state index is 0.0187. The number of furan rings is 1. The lowest BCUT2D eigenvalue weighted by atomic mass is 9.76. The number of allylic oxidation sites excluding steroid dienone is 3. The lowest BCUT2D eigenvalue weighted by Crippen LogP contribution is -2.29. The van der Waals surface area contributed by atoms with Crippen molar-refractivity contribution < 1.29 is 13.9 Å². The predicted molar refractivity (Wildman–Crippen MR) is 69.8 cm³/mol. The van der Waals surface area contributed by atoms with E-state index < -0.39 is 5.92 Å². The highest BCUT2D eigenvalue weighted by atomic mass is 16.5. The summed E-state index contributed by atoms with van der Waals surface area (Å²) in [6.07, 6.45) is 4.19. The number of nitriles is 1. The van der Waals surface area contributed by atoms with Crippen LogP contribution in [0.1, 0.15) is 31.2 Å². The first kappa shape index (κ1) is 12.5. The number of carbonyl (C=O) groups is 1. The van der Waals surface area contributed by atoms with Gasteiger partial charge in [0.05, 0.1) is 18.4 Å². The lowest BCUT2D eigenvalue weighted by molar-refractivity contribution is -0.117. The van der Waals surface area contributed by atoms with Crippen LogP contribution in [0.2, 0.25) is 0 Å². The minimum atomic E-state index is -0.470. The number of nitrogens with zero attached hydrogens (tertiary/aromatic N) is 1. The zero-order valence-electron chi connectivity index (χ0n) is 11.1. The van der Waals surface area contributed by atoms with E-state index in [9.17, 15) is 10.1 Å². The van der Waals surface area contributed by atoms with E-state index in [2.05, 4.69) is 6.07 Å². The Morgan fingerprint density at radius 1 is 1.45 bits per heavy atom. The fourth-order valence-electron chi connectivity index (χ4n) is 2.87. The van der Waals surface area contributed by atoms with Gasteiger partial charge in [0.1, 0.15) is 17.4 Å². The third-order valence-corrected chi connectivity index (χ3v) is 3.74. The first-order valence-corrected chi connectivity index (χ1v) is 6.47. The molecule has 0 saturated heterocycles. The zero-order chi connectivity index (χ0) is 14.3. The van der Waals surface area contributed by atoms with E-state index in [1.165, 1.54) is 12.5 Å². The van der Waals surface area contributed by atoms with Gasteiger partial charge in [0.25, 0.3) is 0 Å². The molecule has 3 rings (SSSR count). The van der Waals surface area contributed by atoms with Crippen molar-refractivity contribution >= 4 is 5.78 Å². The Bertz CT molecular complexity index is 662. The molecule has 1 aromatic heterocycles. The van der Waals surface area contributed by atoms with Gasteiger partial charge in [0, 0.05) is 24.0 Å². The molecule has 5 heteroatoms. The molecule has 0 amide bonds. The molecule has 102 valence electrons. The molecule has 0 unspecified atom stereocenters. The molecule has 0 radical (unpaired) electrons. The molecule has 0 bridgehead atoms. The Hall–Kier alpha value is -2.48. The van der Waals surface area contributed by atoms with Crippen LogP contribution in [-0.2, 0) is 9.53 Å². The lowest BCUT2D eigenvalue weighted by Gasteiger charge is -2.32. The summed E-state index contributed by atoms with van der Waals surface area (Å²) in [6.45, 7) is 2.00. The van der Waals surface area contributed by atoms with Crippen molar-refractivity contribution in [1.29, 1.82) is 5.26 Å².